The van der Waals surface area contributed by atoms with Crippen LogP contribution in [0.15, 0.2) is 78.9 Å². The molecular weight excluding hydrogens is 338 g/mol. The van der Waals surface area contributed by atoms with Crippen molar-refractivity contribution in [3.63, 3.8) is 0 Å². The second-order valence-electron chi connectivity index (χ2n) is 6.45. The van der Waals surface area contributed by atoms with E-state index in [1.807, 2.05) is 42.5 Å². The van der Waals surface area contributed by atoms with E-state index < -0.39 is 5.97 Å². The highest BCUT2D eigenvalue weighted by Crippen LogP contribution is 2.46. The molecule has 2 N–H and O–H groups in total. The van der Waals surface area contributed by atoms with Crippen LogP contribution in [-0.2, 0) is 0 Å². The standard InChI is InChI=1S/C23H15NO3/c25-23(26)17-10-5-11-20-22(17)24-19-12-15-8-4-9-16(14-6-2-1-3-7-14)18(15)13-21(19)27-20/h1-13,24H,(H,25,26). The van der Waals surface area contributed by atoms with E-state index in [-0.39, 0.29) is 5.56 Å². The highest BCUT2D eigenvalue weighted by molar-refractivity contribution is 6.03. The molecule has 4 aromatic rings. The van der Waals surface area contributed by atoms with Crippen LogP contribution in [0, 0.1) is 0 Å². The SMILES string of the molecule is O=C(O)c1cccc2c1Nc1cc3cccc(-c4ccccc4)c3cc1O2. The normalized spacial score (nSPS) is 11.9. The first-order chi connectivity index (χ1) is 13.2. The van der Waals surface area contributed by atoms with E-state index in [0.29, 0.717) is 17.2 Å². The Balaban J connectivity index is 1.68. The Labute approximate surface area is 155 Å². The smallest absolute Gasteiger partial charge is 0.337 e. The van der Waals surface area contributed by atoms with Crippen LogP contribution in [0.1, 0.15) is 10.4 Å². The minimum absolute atomic E-state index is 0.191. The molecule has 0 spiro atoms. The number of ether oxygens (including phenoxy) is 1. The number of anilines is 2. The summed E-state index contributed by atoms with van der Waals surface area (Å²) in [7, 11) is 0. The second-order valence-corrected chi connectivity index (χ2v) is 6.45. The van der Waals surface area contributed by atoms with Crippen LogP contribution in [0.2, 0.25) is 0 Å². The number of hydrogen-bond acceptors (Lipinski definition) is 3. The van der Waals surface area contributed by atoms with Gasteiger partial charge in [0.25, 0.3) is 0 Å². The minimum Gasteiger partial charge on any atom is -0.478 e. The third-order valence-electron chi connectivity index (χ3n) is 4.80. The molecular formula is C23H15NO3. The van der Waals surface area contributed by atoms with E-state index in [0.717, 1.165) is 27.6 Å². The van der Waals surface area contributed by atoms with Crippen molar-refractivity contribution >= 4 is 28.1 Å². The Hall–Kier alpha value is -3.79. The molecule has 4 heteroatoms. The topological polar surface area (TPSA) is 58.6 Å². The first kappa shape index (κ1) is 15.5. The number of hydrogen-bond donors (Lipinski definition) is 2. The number of carboxylic acids is 1. The highest BCUT2D eigenvalue weighted by Gasteiger charge is 2.23. The Bertz CT molecular complexity index is 1200. The van der Waals surface area contributed by atoms with Crippen molar-refractivity contribution in [2.75, 3.05) is 5.32 Å². The van der Waals surface area contributed by atoms with Crippen molar-refractivity contribution in [3.8, 4) is 22.6 Å². The molecule has 0 saturated heterocycles. The minimum atomic E-state index is -0.987. The van der Waals surface area contributed by atoms with E-state index in [1.54, 1.807) is 18.2 Å². The molecule has 1 aliphatic heterocycles. The zero-order valence-corrected chi connectivity index (χ0v) is 14.3. The largest absolute Gasteiger partial charge is 0.478 e. The summed E-state index contributed by atoms with van der Waals surface area (Å²) in [5.74, 6) is 0.207. The van der Waals surface area contributed by atoms with E-state index in [2.05, 4.69) is 23.5 Å². The fraction of sp³-hybridized carbons (Fsp3) is 0. The number of benzene rings is 4. The van der Waals surface area contributed by atoms with Crippen molar-refractivity contribution in [2.45, 2.75) is 0 Å². The molecule has 0 fully saturated rings. The summed E-state index contributed by atoms with van der Waals surface area (Å²) in [5, 5.41) is 14.8. The van der Waals surface area contributed by atoms with Gasteiger partial charge >= 0.3 is 5.97 Å². The maximum Gasteiger partial charge on any atom is 0.337 e. The summed E-state index contributed by atoms with van der Waals surface area (Å²) >= 11 is 0. The summed E-state index contributed by atoms with van der Waals surface area (Å²) in [6.07, 6.45) is 0. The quantitative estimate of drug-likeness (QED) is 0.405. The van der Waals surface area contributed by atoms with Gasteiger partial charge in [-0.1, -0.05) is 54.6 Å². The summed E-state index contributed by atoms with van der Waals surface area (Å²) in [5.41, 5.74) is 3.70. The number of fused-ring (bicyclic) bond motifs is 3. The molecule has 0 aromatic heterocycles. The van der Waals surface area contributed by atoms with Gasteiger partial charge in [0.15, 0.2) is 11.5 Å². The van der Waals surface area contributed by atoms with E-state index >= 15 is 0 Å². The molecule has 27 heavy (non-hydrogen) atoms. The molecule has 0 radical (unpaired) electrons. The van der Waals surface area contributed by atoms with E-state index in [9.17, 15) is 9.90 Å². The molecule has 0 atom stereocenters. The number of carboxylic acid groups (broad SMARTS) is 1. The van der Waals surface area contributed by atoms with Gasteiger partial charge in [-0.25, -0.2) is 4.79 Å². The van der Waals surface area contributed by atoms with Gasteiger partial charge in [0.05, 0.1) is 16.9 Å². The van der Waals surface area contributed by atoms with Gasteiger partial charge < -0.3 is 15.2 Å². The van der Waals surface area contributed by atoms with E-state index in [1.165, 1.54) is 0 Å². The van der Waals surface area contributed by atoms with Crippen LogP contribution >= 0.6 is 0 Å². The Morgan fingerprint density at radius 1 is 0.852 bits per heavy atom. The Kier molecular flexibility index (Phi) is 3.37. The highest BCUT2D eigenvalue weighted by atomic mass is 16.5. The molecule has 0 amide bonds. The van der Waals surface area contributed by atoms with Gasteiger partial charge in [-0.05, 0) is 46.2 Å². The predicted octanol–water partition coefficient (Wildman–Crippen LogP) is 6.05. The average Bonchev–Trinajstić information content (AvgIpc) is 2.70. The number of carbonyl (C=O) groups is 1. The third-order valence-corrected chi connectivity index (χ3v) is 4.80. The molecule has 1 aliphatic rings. The lowest BCUT2D eigenvalue weighted by Gasteiger charge is -2.24. The fourth-order valence-corrected chi connectivity index (χ4v) is 3.53. The molecule has 0 bridgehead atoms. The molecule has 1 heterocycles. The predicted molar refractivity (Wildman–Crippen MR) is 106 cm³/mol. The van der Waals surface area contributed by atoms with Crippen LogP contribution in [0.4, 0.5) is 11.4 Å². The lowest BCUT2D eigenvalue weighted by atomic mass is 9.97. The fourth-order valence-electron chi connectivity index (χ4n) is 3.53. The van der Waals surface area contributed by atoms with Crippen LogP contribution in [0.3, 0.4) is 0 Å². The van der Waals surface area contributed by atoms with Gasteiger partial charge in [-0.15, -0.1) is 0 Å². The first-order valence-corrected chi connectivity index (χ1v) is 8.64. The number of nitrogens with one attached hydrogen (secondary N) is 1. The van der Waals surface area contributed by atoms with Gasteiger partial charge in [0.2, 0.25) is 0 Å². The van der Waals surface area contributed by atoms with Crippen molar-refractivity contribution in [2.24, 2.45) is 0 Å². The zero-order chi connectivity index (χ0) is 18.4. The van der Waals surface area contributed by atoms with Gasteiger partial charge in [-0.2, -0.15) is 0 Å². The molecule has 130 valence electrons. The van der Waals surface area contributed by atoms with Crippen molar-refractivity contribution < 1.29 is 14.6 Å². The van der Waals surface area contributed by atoms with Crippen molar-refractivity contribution in [3.05, 3.63) is 84.4 Å². The van der Waals surface area contributed by atoms with Crippen LogP contribution in [-0.4, -0.2) is 11.1 Å². The maximum atomic E-state index is 11.5. The van der Waals surface area contributed by atoms with Crippen molar-refractivity contribution in [1.82, 2.24) is 0 Å². The monoisotopic (exact) mass is 353 g/mol. The second kappa shape index (κ2) is 5.88. The average molecular weight is 353 g/mol. The Morgan fingerprint density at radius 3 is 2.48 bits per heavy atom. The summed E-state index contributed by atoms with van der Waals surface area (Å²) in [4.78, 5) is 11.5. The molecule has 0 unspecified atom stereocenters. The summed E-state index contributed by atoms with van der Waals surface area (Å²) < 4.78 is 6.04. The number of rotatable bonds is 2. The van der Waals surface area contributed by atoms with Crippen LogP contribution in [0.5, 0.6) is 11.5 Å². The molecule has 4 nitrogen and oxygen atoms in total. The van der Waals surface area contributed by atoms with Gasteiger partial charge in [0, 0.05) is 0 Å². The first-order valence-electron chi connectivity index (χ1n) is 8.64. The lowest BCUT2D eigenvalue weighted by Crippen LogP contribution is -2.08. The molecule has 5 rings (SSSR count). The molecule has 4 aromatic carbocycles. The Morgan fingerprint density at radius 2 is 1.67 bits per heavy atom. The zero-order valence-electron chi connectivity index (χ0n) is 14.3. The summed E-state index contributed by atoms with van der Waals surface area (Å²) in [6, 6.07) is 25.4. The number of aromatic carboxylic acids is 1. The van der Waals surface area contributed by atoms with Crippen LogP contribution in [0.25, 0.3) is 21.9 Å². The van der Waals surface area contributed by atoms with Gasteiger partial charge in [-0.3, -0.25) is 0 Å². The molecule has 0 saturated carbocycles. The maximum absolute atomic E-state index is 11.5. The summed E-state index contributed by atoms with van der Waals surface area (Å²) in [6.45, 7) is 0. The number of para-hydroxylation sites is 1. The van der Waals surface area contributed by atoms with Gasteiger partial charge in [0.1, 0.15) is 0 Å². The third kappa shape index (κ3) is 2.50. The van der Waals surface area contributed by atoms with Crippen molar-refractivity contribution in [1.29, 1.82) is 0 Å². The lowest BCUT2D eigenvalue weighted by molar-refractivity contribution is 0.0697. The van der Waals surface area contributed by atoms with E-state index in [4.69, 9.17) is 4.74 Å². The molecule has 0 aliphatic carbocycles. The van der Waals surface area contributed by atoms with Crippen LogP contribution < -0.4 is 10.1 Å².